The molecule has 0 aromatic carbocycles. The van der Waals surface area contributed by atoms with Gasteiger partial charge in [-0.1, -0.05) is 5.16 Å². The maximum atomic E-state index is 11.9. The number of nitrogens with zero attached hydrogens (tertiary/aromatic N) is 2. The summed E-state index contributed by atoms with van der Waals surface area (Å²) >= 11 is 0. The van der Waals surface area contributed by atoms with Gasteiger partial charge in [0.2, 0.25) is 5.91 Å². The molecule has 1 saturated heterocycles. The third kappa shape index (κ3) is 4.04. The quantitative estimate of drug-likeness (QED) is 0.897. The van der Waals surface area contributed by atoms with E-state index in [9.17, 15) is 4.79 Å². The zero-order chi connectivity index (χ0) is 14.0. The van der Waals surface area contributed by atoms with E-state index in [4.69, 9.17) is 9.26 Å². The average molecular weight is 267 g/mol. The van der Waals surface area contributed by atoms with E-state index in [1.54, 1.807) is 13.0 Å². The summed E-state index contributed by atoms with van der Waals surface area (Å²) in [6.45, 7) is 9.71. The molecule has 1 aliphatic heterocycles. The predicted molar refractivity (Wildman–Crippen MR) is 70.9 cm³/mol. The van der Waals surface area contributed by atoms with Gasteiger partial charge in [0.25, 0.3) is 0 Å². The minimum Gasteiger partial charge on any atom is -0.370 e. The highest BCUT2D eigenvalue weighted by molar-refractivity contribution is 5.91. The summed E-state index contributed by atoms with van der Waals surface area (Å²) in [5.41, 5.74) is -0.220. The molecule has 2 heterocycles. The lowest BCUT2D eigenvalue weighted by Gasteiger charge is -2.41. The van der Waals surface area contributed by atoms with E-state index in [1.807, 2.05) is 20.8 Å². The number of morpholine rings is 1. The van der Waals surface area contributed by atoms with Crippen molar-refractivity contribution in [2.24, 2.45) is 0 Å². The molecule has 1 aromatic heterocycles. The predicted octanol–water partition coefficient (Wildman–Crippen LogP) is 1.42. The fourth-order valence-corrected chi connectivity index (χ4v) is 2.52. The maximum absolute atomic E-state index is 11.9. The highest BCUT2D eigenvalue weighted by atomic mass is 16.5. The van der Waals surface area contributed by atoms with E-state index in [-0.39, 0.29) is 17.6 Å². The first-order valence-corrected chi connectivity index (χ1v) is 6.47. The molecule has 106 valence electrons. The molecule has 1 aromatic rings. The van der Waals surface area contributed by atoms with Gasteiger partial charge in [0, 0.05) is 19.2 Å². The molecule has 0 spiro atoms. The second-order valence-corrected chi connectivity index (χ2v) is 5.73. The summed E-state index contributed by atoms with van der Waals surface area (Å²) in [6.07, 6.45) is 0.130. The molecule has 0 saturated carbocycles. The number of hydrogen-bond donors (Lipinski definition) is 1. The summed E-state index contributed by atoms with van der Waals surface area (Å²) in [6, 6.07) is 1.70. The SMILES string of the molecule is Cc1cc(NC(=O)CN2CC(C)OC(C)(C)C2)no1. The summed E-state index contributed by atoms with van der Waals surface area (Å²) < 4.78 is 10.7. The molecule has 1 unspecified atom stereocenters. The maximum Gasteiger partial charge on any atom is 0.239 e. The summed E-state index contributed by atoms with van der Waals surface area (Å²) in [7, 11) is 0. The minimum atomic E-state index is -0.220. The number of carbonyl (C=O) groups is 1. The standard InChI is InChI=1S/C13H21N3O3/c1-9-5-11(15-19-9)14-12(17)7-16-6-10(2)18-13(3,4)8-16/h5,10H,6-8H2,1-4H3,(H,14,15,17). The molecule has 1 aliphatic rings. The topological polar surface area (TPSA) is 67.6 Å². The molecular formula is C13H21N3O3. The monoisotopic (exact) mass is 267 g/mol. The summed E-state index contributed by atoms with van der Waals surface area (Å²) in [5.74, 6) is 1.05. The van der Waals surface area contributed by atoms with Crippen LogP contribution in [0.25, 0.3) is 0 Å². The van der Waals surface area contributed by atoms with Crippen molar-refractivity contribution in [1.29, 1.82) is 0 Å². The van der Waals surface area contributed by atoms with Crippen LogP contribution in [0.15, 0.2) is 10.6 Å². The van der Waals surface area contributed by atoms with E-state index in [0.29, 0.717) is 18.1 Å². The minimum absolute atomic E-state index is 0.0850. The number of anilines is 1. The lowest BCUT2D eigenvalue weighted by atomic mass is 10.1. The molecule has 6 nitrogen and oxygen atoms in total. The zero-order valence-electron chi connectivity index (χ0n) is 11.9. The van der Waals surface area contributed by atoms with Crippen LogP contribution in [-0.2, 0) is 9.53 Å². The van der Waals surface area contributed by atoms with E-state index in [0.717, 1.165) is 13.1 Å². The van der Waals surface area contributed by atoms with E-state index in [2.05, 4.69) is 15.4 Å². The average Bonchev–Trinajstić information content (AvgIpc) is 2.59. The number of aromatic nitrogens is 1. The van der Waals surface area contributed by atoms with Crippen molar-refractivity contribution in [1.82, 2.24) is 10.1 Å². The van der Waals surface area contributed by atoms with Crippen LogP contribution in [0, 0.1) is 6.92 Å². The van der Waals surface area contributed by atoms with Gasteiger partial charge >= 0.3 is 0 Å². The first-order chi connectivity index (χ1) is 8.84. The molecule has 6 heteroatoms. The molecule has 1 atom stereocenters. The summed E-state index contributed by atoms with van der Waals surface area (Å²) in [5, 5.41) is 6.47. The van der Waals surface area contributed by atoms with Crippen molar-refractivity contribution in [2.75, 3.05) is 25.0 Å². The Kier molecular flexibility index (Phi) is 3.91. The Bertz CT molecular complexity index is 456. The number of hydrogen-bond acceptors (Lipinski definition) is 5. The van der Waals surface area contributed by atoms with Crippen molar-refractivity contribution in [3.8, 4) is 0 Å². The Balaban J connectivity index is 1.88. The second-order valence-electron chi connectivity index (χ2n) is 5.73. The molecule has 1 fully saturated rings. The molecule has 1 amide bonds. The van der Waals surface area contributed by atoms with Gasteiger partial charge in [-0.15, -0.1) is 0 Å². The number of rotatable bonds is 3. The Labute approximate surface area is 113 Å². The Morgan fingerprint density at radius 3 is 2.95 bits per heavy atom. The normalized spacial score (nSPS) is 23.3. The highest BCUT2D eigenvalue weighted by Crippen LogP contribution is 2.20. The van der Waals surface area contributed by atoms with Crippen molar-refractivity contribution in [3.63, 3.8) is 0 Å². The van der Waals surface area contributed by atoms with Gasteiger partial charge in [-0.05, 0) is 27.7 Å². The first-order valence-electron chi connectivity index (χ1n) is 6.47. The van der Waals surface area contributed by atoms with E-state index >= 15 is 0 Å². The van der Waals surface area contributed by atoms with Crippen LogP contribution < -0.4 is 5.32 Å². The third-order valence-corrected chi connectivity index (χ3v) is 2.90. The van der Waals surface area contributed by atoms with Crippen molar-refractivity contribution >= 4 is 11.7 Å². The van der Waals surface area contributed by atoms with Crippen LogP contribution in [0.5, 0.6) is 0 Å². The van der Waals surface area contributed by atoms with Gasteiger partial charge in [0.15, 0.2) is 5.82 Å². The third-order valence-electron chi connectivity index (χ3n) is 2.90. The van der Waals surface area contributed by atoms with Crippen LogP contribution >= 0.6 is 0 Å². The Hall–Kier alpha value is -1.40. The lowest BCUT2D eigenvalue weighted by molar-refractivity contribution is -0.136. The molecule has 0 aliphatic carbocycles. The molecule has 2 rings (SSSR count). The zero-order valence-corrected chi connectivity index (χ0v) is 11.9. The van der Waals surface area contributed by atoms with Gasteiger partial charge in [-0.25, -0.2) is 0 Å². The van der Waals surface area contributed by atoms with Crippen LogP contribution in [0.4, 0.5) is 5.82 Å². The highest BCUT2D eigenvalue weighted by Gasteiger charge is 2.32. The molecular weight excluding hydrogens is 246 g/mol. The van der Waals surface area contributed by atoms with Gasteiger partial charge in [-0.2, -0.15) is 0 Å². The largest absolute Gasteiger partial charge is 0.370 e. The van der Waals surface area contributed by atoms with Gasteiger partial charge in [0.1, 0.15) is 5.76 Å². The fraction of sp³-hybridized carbons (Fsp3) is 0.692. The smallest absolute Gasteiger partial charge is 0.239 e. The number of amides is 1. The van der Waals surface area contributed by atoms with Crippen molar-refractivity contribution < 1.29 is 14.1 Å². The van der Waals surface area contributed by atoms with Crippen molar-refractivity contribution in [3.05, 3.63) is 11.8 Å². The summed E-state index contributed by atoms with van der Waals surface area (Å²) in [4.78, 5) is 14.0. The van der Waals surface area contributed by atoms with Crippen LogP contribution in [0.1, 0.15) is 26.5 Å². The molecule has 1 N–H and O–H groups in total. The first kappa shape index (κ1) is 14.0. The molecule has 0 radical (unpaired) electrons. The number of aryl methyl sites for hydroxylation is 1. The molecule has 0 bridgehead atoms. The van der Waals surface area contributed by atoms with Gasteiger partial charge < -0.3 is 14.6 Å². The van der Waals surface area contributed by atoms with E-state index < -0.39 is 0 Å². The Morgan fingerprint density at radius 1 is 1.63 bits per heavy atom. The second kappa shape index (κ2) is 5.30. The van der Waals surface area contributed by atoms with Gasteiger partial charge in [0.05, 0.1) is 18.2 Å². The van der Waals surface area contributed by atoms with Crippen molar-refractivity contribution in [2.45, 2.75) is 39.4 Å². The van der Waals surface area contributed by atoms with E-state index in [1.165, 1.54) is 0 Å². The van der Waals surface area contributed by atoms with Crippen LogP contribution in [0.2, 0.25) is 0 Å². The molecule has 19 heavy (non-hydrogen) atoms. The van der Waals surface area contributed by atoms with Crippen LogP contribution in [-0.4, -0.2) is 47.3 Å². The number of ether oxygens (including phenoxy) is 1. The lowest BCUT2D eigenvalue weighted by Crippen LogP contribution is -2.53. The Morgan fingerprint density at radius 2 is 2.37 bits per heavy atom. The fourth-order valence-electron chi connectivity index (χ4n) is 2.52. The number of carbonyl (C=O) groups excluding carboxylic acids is 1. The van der Waals surface area contributed by atoms with Crippen LogP contribution in [0.3, 0.4) is 0 Å². The van der Waals surface area contributed by atoms with Gasteiger partial charge in [-0.3, -0.25) is 9.69 Å². The number of nitrogens with one attached hydrogen (secondary N) is 1.